The van der Waals surface area contributed by atoms with Crippen LogP contribution in [0, 0.1) is 5.82 Å². The molecule has 1 N–H and O–H groups in total. The number of benzene rings is 1. The highest BCUT2D eigenvalue weighted by Gasteiger charge is 2.27. The number of fused-ring (bicyclic) bond motifs is 6. The minimum atomic E-state index is -4.47. The van der Waals surface area contributed by atoms with E-state index < -0.39 is 26.8 Å². The second-order valence-electron chi connectivity index (χ2n) is 7.51. The first kappa shape index (κ1) is 21.0. The van der Waals surface area contributed by atoms with E-state index >= 15 is 0 Å². The summed E-state index contributed by atoms with van der Waals surface area (Å²) in [6.45, 7) is 4.18. The maximum Gasteiger partial charge on any atom is 0.286 e. The van der Waals surface area contributed by atoms with Gasteiger partial charge in [-0.3, -0.25) is 9.48 Å². The van der Waals surface area contributed by atoms with E-state index in [1.807, 2.05) is 36.8 Å². The van der Waals surface area contributed by atoms with Gasteiger partial charge in [-0.25, -0.2) is 14.1 Å². The van der Waals surface area contributed by atoms with Crippen LogP contribution in [0.2, 0.25) is 0 Å². The molecule has 0 atom stereocenters. The molecule has 3 heterocycles. The second-order valence-corrected chi connectivity index (χ2v) is 9.11. The van der Waals surface area contributed by atoms with Gasteiger partial charge in [0.1, 0.15) is 6.61 Å². The summed E-state index contributed by atoms with van der Waals surface area (Å²) in [6, 6.07) is 9.21. The van der Waals surface area contributed by atoms with Gasteiger partial charge in [0.25, 0.3) is 10.0 Å². The number of nitrogens with one attached hydrogen (secondary N) is 1. The topological polar surface area (TPSA) is 103 Å². The van der Waals surface area contributed by atoms with Gasteiger partial charge in [0, 0.05) is 12.3 Å². The number of rotatable bonds is 1. The zero-order valence-electron chi connectivity index (χ0n) is 17.0. The number of carbonyl (C=O) groups is 1. The van der Waals surface area contributed by atoms with Crippen molar-refractivity contribution in [3.05, 3.63) is 59.7 Å². The van der Waals surface area contributed by atoms with Crippen LogP contribution < -0.4 is 9.46 Å². The van der Waals surface area contributed by atoms with Crippen LogP contribution in [0.25, 0.3) is 11.1 Å². The first-order valence-corrected chi connectivity index (χ1v) is 11.2. The molecule has 1 aromatic carbocycles. The van der Waals surface area contributed by atoms with E-state index in [2.05, 4.69) is 10.1 Å². The molecular formula is C21H21FN4O4S. The quantitative estimate of drug-likeness (QED) is 0.619. The van der Waals surface area contributed by atoms with Crippen LogP contribution in [0.3, 0.4) is 0 Å². The summed E-state index contributed by atoms with van der Waals surface area (Å²) in [4.78, 5) is 16.9. The van der Waals surface area contributed by atoms with Crippen LogP contribution in [-0.2, 0) is 27.8 Å². The second kappa shape index (κ2) is 8.10. The fourth-order valence-corrected chi connectivity index (χ4v) is 4.57. The van der Waals surface area contributed by atoms with Crippen molar-refractivity contribution in [1.29, 1.82) is 0 Å². The van der Waals surface area contributed by atoms with E-state index in [0.29, 0.717) is 11.4 Å². The average Bonchev–Trinajstić information content (AvgIpc) is 3.08. The predicted molar refractivity (Wildman–Crippen MR) is 110 cm³/mol. The number of hydrogen-bond acceptors (Lipinski definition) is 6. The van der Waals surface area contributed by atoms with Crippen molar-refractivity contribution in [1.82, 2.24) is 19.5 Å². The summed E-state index contributed by atoms with van der Waals surface area (Å²) >= 11 is 0. The number of pyridine rings is 1. The lowest BCUT2D eigenvalue weighted by Crippen LogP contribution is -2.33. The molecule has 1 aliphatic heterocycles. The third-order valence-electron chi connectivity index (χ3n) is 4.98. The Kier molecular flexibility index (Phi) is 5.48. The molecule has 1 amide bonds. The van der Waals surface area contributed by atoms with Crippen molar-refractivity contribution in [2.75, 3.05) is 6.61 Å². The Morgan fingerprint density at radius 1 is 1.26 bits per heavy atom. The number of amides is 1. The summed E-state index contributed by atoms with van der Waals surface area (Å²) in [5.74, 6) is -1.37. The summed E-state index contributed by atoms with van der Waals surface area (Å²) in [6.07, 6.45) is 2.35. The number of hydrogen-bond donors (Lipinski definition) is 1. The van der Waals surface area contributed by atoms with Crippen molar-refractivity contribution in [2.24, 2.45) is 0 Å². The van der Waals surface area contributed by atoms with E-state index in [9.17, 15) is 17.6 Å². The van der Waals surface area contributed by atoms with Crippen LogP contribution in [0.15, 0.2) is 47.8 Å². The lowest BCUT2D eigenvalue weighted by atomic mass is 9.88. The van der Waals surface area contributed by atoms with Crippen LogP contribution in [0.4, 0.5) is 4.39 Å². The van der Waals surface area contributed by atoms with Crippen molar-refractivity contribution >= 4 is 15.9 Å². The Hall–Kier alpha value is -3.27. The molecule has 0 unspecified atom stereocenters. The van der Waals surface area contributed by atoms with Gasteiger partial charge in [0.15, 0.2) is 5.82 Å². The Morgan fingerprint density at radius 3 is 2.84 bits per heavy atom. The number of ether oxygens (including phenoxy) is 1. The maximum absolute atomic E-state index is 14.2. The van der Waals surface area contributed by atoms with Gasteiger partial charge < -0.3 is 4.74 Å². The van der Waals surface area contributed by atoms with E-state index in [-0.39, 0.29) is 25.5 Å². The highest BCUT2D eigenvalue weighted by molar-refractivity contribution is 7.90. The molecule has 0 radical (unpaired) electrons. The van der Waals surface area contributed by atoms with Crippen LogP contribution in [0.5, 0.6) is 5.88 Å². The largest absolute Gasteiger partial charge is 0.476 e. The van der Waals surface area contributed by atoms with Crippen molar-refractivity contribution < 1.29 is 22.3 Å². The van der Waals surface area contributed by atoms with Crippen LogP contribution in [-0.4, -0.2) is 35.7 Å². The van der Waals surface area contributed by atoms with Gasteiger partial charge in [-0.1, -0.05) is 32.0 Å². The third kappa shape index (κ3) is 4.29. The maximum atomic E-state index is 14.2. The molecule has 0 saturated carbocycles. The fourth-order valence-electron chi connectivity index (χ4n) is 3.58. The average molecular weight is 444 g/mol. The molecule has 0 spiro atoms. The van der Waals surface area contributed by atoms with Gasteiger partial charge in [0.2, 0.25) is 16.8 Å². The molecule has 0 fully saturated rings. The molecule has 4 bridgehead atoms. The summed E-state index contributed by atoms with van der Waals surface area (Å²) < 4.78 is 48.2. The number of carbonyl (C=O) groups excluding carboxylic acids is 1. The molecule has 10 heteroatoms. The number of nitrogens with zero attached hydrogens (tertiary/aromatic N) is 3. The normalized spacial score (nSPS) is 15.9. The smallest absolute Gasteiger partial charge is 0.286 e. The Labute approximate surface area is 179 Å². The number of sulfonamides is 1. The standard InChI is InChI=1S/C21H21FN4O4S/c1-13(2)15-4-3-5-16-14-6-7-23-20(10-14)30-9-8-26-12-18(22)21(24-26)31(28,29)25-19(27)11-17(15)16/h3-7,10,12-13H,8-9,11H2,1-2H3,(H,25,27). The fraction of sp³-hybridized carbons (Fsp3) is 0.286. The Balaban J connectivity index is 1.86. The summed E-state index contributed by atoms with van der Waals surface area (Å²) in [5, 5.41) is 2.94. The molecule has 0 saturated heterocycles. The molecule has 0 aliphatic carbocycles. The minimum Gasteiger partial charge on any atom is -0.476 e. The first-order valence-electron chi connectivity index (χ1n) is 9.74. The van der Waals surface area contributed by atoms with Gasteiger partial charge in [-0.05, 0) is 34.2 Å². The van der Waals surface area contributed by atoms with E-state index in [1.165, 1.54) is 0 Å². The highest BCUT2D eigenvalue weighted by Crippen LogP contribution is 2.32. The van der Waals surface area contributed by atoms with Gasteiger partial charge >= 0.3 is 0 Å². The molecule has 3 aromatic rings. The Bertz CT molecular complexity index is 1250. The molecular weight excluding hydrogens is 423 g/mol. The molecule has 2 aromatic heterocycles. The SMILES string of the molecule is CC(C)c1cccc2c1CC(=O)NS(=O)(=O)c1nn(cc1F)CCOc1cc-2ccn1. The van der Waals surface area contributed by atoms with E-state index in [4.69, 9.17) is 4.74 Å². The van der Waals surface area contributed by atoms with Crippen molar-refractivity contribution in [3.8, 4) is 17.0 Å². The van der Waals surface area contributed by atoms with E-state index in [1.54, 1.807) is 18.3 Å². The first-order chi connectivity index (χ1) is 14.7. The van der Waals surface area contributed by atoms with Gasteiger partial charge in [0.05, 0.1) is 19.2 Å². The number of halogens is 1. The van der Waals surface area contributed by atoms with Gasteiger partial charge in [-0.15, -0.1) is 0 Å². The molecule has 162 valence electrons. The number of aromatic nitrogens is 3. The van der Waals surface area contributed by atoms with E-state index in [0.717, 1.165) is 27.6 Å². The third-order valence-corrected chi connectivity index (χ3v) is 6.26. The lowest BCUT2D eigenvalue weighted by molar-refractivity contribution is -0.118. The monoisotopic (exact) mass is 444 g/mol. The summed E-state index contributed by atoms with van der Waals surface area (Å²) in [5.41, 5.74) is 3.15. The van der Waals surface area contributed by atoms with Crippen LogP contribution >= 0.6 is 0 Å². The molecule has 31 heavy (non-hydrogen) atoms. The lowest BCUT2D eigenvalue weighted by Gasteiger charge is -2.18. The van der Waals surface area contributed by atoms with Crippen molar-refractivity contribution in [3.63, 3.8) is 0 Å². The van der Waals surface area contributed by atoms with Crippen molar-refractivity contribution in [2.45, 2.75) is 37.8 Å². The van der Waals surface area contributed by atoms with Gasteiger partial charge in [-0.2, -0.15) is 13.5 Å². The molecule has 1 aliphatic rings. The zero-order valence-corrected chi connectivity index (χ0v) is 17.8. The molecule has 8 nitrogen and oxygen atoms in total. The summed E-state index contributed by atoms with van der Waals surface area (Å²) in [7, 11) is -4.47. The Morgan fingerprint density at radius 2 is 2.06 bits per heavy atom. The zero-order chi connectivity index (χ0) is 22.2. The minimum absolute atomic E-state index is 0.0899. The highest BCUT2D eigenvalue weighted by atomic mass is 32.2. The van der Waals surface area contributed by atoms with Crippen LogP contribution in [0.1, 0.15) is 30.9 Å². The predicted octanol–water partition coefficient (Wildman–Crippen LogP) is 2.65. The molecule has 4 rings (SSSR count).